The highest BCUT2D eigenvalue weighted by Crippen LogP contribution is 2.37. The Morgan fingerprint density at radius 2 is 1.42 bits per heavy atom. The lowest BCUT2D eigenvalue weighted by atomic mass is 9.75. The van der Waals surface area contributed by atoms with E-state index in [0.717, 1.165) is 17.8 Å². The van der Waals surface area contributed by atoms with Gasteiger partial charge in [0.25, 0.3) is 0 Å². The fraction of sp³-hybridized carbons (Fsp3) is 0.773. The summed E-state index contributed by atoms with van der Waals surface area (Å²) in [6.07, 6.45) is 21.7. The van der Waals surface area contributed by atoms with Crippen molar-refractivity contribution in [2.45, 2.75) is 84.0 Å². The quantitative estimate of drug-likeness (QED) is 0.360. The van der Waals surface area contributed by atoms with Crippen LogP contribution in [0.4, 0.5) is 4.39 Å². The zero-order chi connectivity index (χ0) is 17.2. The van der Waals surface area contributed by atoms with Gasteiger partial charge in [0.05, 0.1) is 0 Å². The van der Waals surface area contributed by atoms with Crippen LogP contribution in [0.15, 0.2) is 24.1 Å². The van der Waals surface area contributed by atoms with Crippen LogP contribution in [-0.2, 0) is 0 Å². The number of rotatable bonds is 7. The lowest BCUT2D eigenvalue weighted by Gasteiger charge is -2.31. The minimum atomic E-state index is -0.700. The first-order chi connectivity index (χ1) is 11.7. The fourth-order valence-corrected chi connectivity index (χ4v) is 4.69. The summed E-state index contributed by atoms with van der Waals surface area (Å²) in [6, 6.07) is 1.51. The summed E-state index contributed by atoms with van der Waals surface area (Å²) in [7, 11) is 0. The van der Waals surface area contributed by atoms with Gasteiger partial charge >= 0.3 is 0 Å². The van der Waals surface area contributed by atoms with Crippen molar-refractivity contribution in [3.8, 4) is 6.07 Å². The van der Waals surface area contributed by atoms with Crippen molar-refractivity contribution in [1.29, 1.82) is 5.26 Å². The number of hydrogen-bond acceptors (Lipinski definition) is 1. The number of nitrogens with zero attached hydrogens (tertiary/aromatic N) is 1. The molecule has 0 bridgehead atoms. The van der Waals surface area contributed by atoms with Crippen molar-refractivity contribution < 1.29 is 4.39 Å². The van der Waals surface area contributed by atoms with Crippen molar-refractivity contribution in [3.63, 3.8) is 0 Å². The van der Waals surface area contributed by atoms with Gasteiger partial charge in [-0.1, -0.05) is 70.4 Å². The number of nitriles is 1. The molecule has 0 spiro atoms. The van der Waals surface area contributed by atoms with Gasteiger partial charge in [0.2, 0.25) is 0 Å². The first-order valence-electron chi connectivity index (χ1n) is 10.1. The second-order valence-corrected chi connectivity index (χ2v) is 8.04. The molecule has 2 fully saturated rings. The van der Waals surface area contributed by atoms with Gasteiger partial charge in [-0.05, 0) is 55.4 Å². The number of halogens is 1. The lowest BCUT2D eigenvalue weighted by molar-refractivity contribution is 0.221. The summed E-state index contributed by atoms with van der Waals surface area (Å²) in [5, 5.41) is 8.39. The Labute approximate surface area is 148 Å². The summed E-state index contributed by atoms with van der Waals surface area (Å²) in [4.78, 5) is 0. The molecule has 1 nitrogen and oxygen atoms in total. The highest BCUT2D eigenvalue weighted by Gasteiger charge is 2.23. The Balaban J connectivity index is 1.59. The summed E-state index contributed by atoms with van der Waals surface area (Å²) < 4.78 is 12.7. The first kappa shape index (κ1) is 19.2. The predicted octanol–water partition coefficient (Wildman–Crippen LogP) is 7.11. The molecule has 0 radical (unpaired) electrons. The van der Waals surface area contributed by atoms with Gasteiger partial charge < -0.3 is 0 Å². The Kier molecular flexibility index (Phi) is 8.57. The molecule has 134 valence electrons. The third-order valence-electron chi connectivity index (χ3n) is 6.27. The molecule has 0 saturated heterocycles. The molecule has 2 aliphatic rings. The fourth-order valence-electron chi connectivity index (χ4n) is 4.69. The van der Waals surface area contributed by atoms with E-state index in [4.69, 9.17) is 5.26 Å². The molecule has 24 heavy (non-hydrogen) atoms. The van der Waals surface area contributed by atoms with Crippen LogP contribution in [0.3, 0.4) is 0 Å². The average Bonchev–Trinajstić information content (AvgIpc) is 2.62. The van der Waals surface area contributed by atoms with Gasteiger partial charge in [0.1, 0.15) is 6.07 Å². The van der Waals surface area contributed by atoms with Crippen LogP contribution in [0.5, 0.6) is 0 Å². The molecular weight excluding hydrogens is 297 g/mol. The van der Waals surface area contributed by atoms with E-state index in [0.29, 0.717) is 5.92 Å². The van der Waals surface area contributed by atoms with E-state index in [9.17, 15) is 4.39 Å². The van der Waals surface area contributed by atoms with E-state index < -0.39 is 5.83 Å². The SMILES string of the molecule is CCCC1CCC(CCC2CCC(/C=C/C=C(\F)C#N)CC2)CC1. The molecule has 0 aromatic rings. The molecule has 0 unspecified atom stereocenters. The second-order valence-electron chi connectivity index (χ2n) is 8.04. The molecular formula is C22H34FN. The highest BCUT2D eigenvalue weighted by atomic mass is 19.1. The maximum Gasteiger partial charge on any atom is 0.199 e. The molecule has 2 rings (SSSR count). The Hall–Kier alpha value is -1.10. The molecule has 2 saturated carbocycles. The van der Waals surface area contributed by atoms with Crippen molar-refractivity contribution >= 4 is 0 Å². The third kappa shape index (κ3) is 6.80. The average molecular weight is 332 g/mol. The molecule has 0 aromatic carbocycles. The summed E-state index contributed by atoms with van der Waals surface area (Å²) >= 11 is 0. The molecule has 0 heterocycles. The van der Waals surface area contributed by atoms with Gasteiger partial charge in [-0.2, -0.15) is 9.65 Å². The van der Waals surface area contributed by atoms with Crippen LogP contribution in [0.1, 0.15) is 84.0 Å². The Bertz CT molecular complexity index is 443. The van der Waals surface area contributed by atoms with Crippen LogP contribution < -0.4 is 0 Å². The predicted molar refractivity (Wildman–Crippen MR) is 99.0 cm³/mol. The van der Waals surface area contributed by atoms with E-state index in [1.807, 2.05) is 0 Å². The van der Waals surface area contributed by atoms with Crippen LogP contribution >= 0.6 is 0 Å². The standard InChI is InChI=1S/C22H34FN/c1-2-4-18-7-11-20(12-8-18)15-16-21-13-9-19(10-14-21)5-3-6-22(23)17-24/h3,5-6,18-21H,2,4,7-16H2,1H3/b5-3+,22-6-. The third-order valence-corrected chi connectivity index (χ3v) is 6.27. The van der Waals surface area contributed by atoms with Crippen molar-refractivity contribution in [2.24, 2.45) is 23.7 Å². The van der Waals surface area contributed by atoms with Gasteiger partial charge in [-0.15, -0.1) is 0 Å². The molecule has 0 atom stereocenters. The van der Waals surface area contributed by atoms with Crippen LogP contribution in [0.2, 0.25) is 0 Å². The largest absolute Gasteiger partial charge is 0.199 e. The van der Waals surface area contributed by atoms with Crippen molar-refractivity contribution in [1.82, 2.24) is 0 Å². The van der Waals surface area contributed by atoms with E-state index in [1.54, 1.807) is 6.08 Å². The summed E-state index contributed by atoms with van der Waals surface area (Å²) in [6.45, 7) is 2.31. The molecule has 0 aliphatic heterocycles. The number of allylic oxidation sites excluding steroid dienone is 4. The minimum absolute atomic E-state index is 0.577. The van der Waals surface area contributed by atoms with Crippen LogP contribution in [0.25, 0.3) is 0 Å². The Morgan fingerprint density at radius 1 is 0.917 bits per heavy atom. The maximum absolute atomic E-state index is 12.7. The monoisotopic (exact) mass is 331 g/mol. The lowest BCUT2D eigenvalue weighted by Crippen LogP contribution is -2.17. The molecule has 2 heteroatoms. The highest BCUT2D eigenvalue weighted by molar-refractivity contribution is 5.19. The number of hydrogen-bond donors (Lipinski definition) is 0. The zero-order valence-corrected chi connectivity index (χ0v) is 15.4. The van der Waals surface area contributed by atoms with Crippen molar-refractivity contribution in [2.75, 3.05) is 0 Å². The summed E-state index contributed by atoms with van der Waals surface area (Å²) in [5.74, 6) is 2.81. The zero-order valence-electron chi connectivity index (χ0n) is 15.4. The van der Waals surface area contributed by atoms with E-state index in [-0.39, 0.29) is 0 Å². The van der Waals surface area contributed by atoms with E-state index in [1.165, 1.54) is 89.2 Å². The summed E-state index contributed by atoms with van der Waals surface area (Å²) in [5.41, 5.74) is 0. The van der Waals surface area contributed by atoms with Crippen molar-refractivity contribution in [3.05, 3.63) is 24.1 Å². The van der Waals surface area contributed by atoms with E-state index >= 15 is 0 Å². The molecule has 0 aromatic heterocycles. The first-order valence-corrected chi connectivity index (χ1v) is 10.1. The van der Waals surface area contributed by atoms with Gasteiger partial charge in [-0.25, -0.2) is 0 Å². The molecule has 0 N–H and O–H groups in total. The minimum Gasteiger partial charge on any atom is -0.195 e. The van der Waals surface area contributed by atoms with Gasteiger partial charge in [0.15, 0.2) is 5.83 Å². The van der Waals surface area contributed by atoms with Crippen LogP contribution in [0, 0.1) is 35.0 Å². The van der Waals surface area contributed by atoms with Gasteiger partial charge in [-0.3, -0.25) is 0 Å². The van der Waals surface area contributed by atoms with E-state index in [2.05, 4.69) is 13.0 Å². The maximum atomic E-state index is 12.7. The normalized spacial score (nSPS) is 32.0. The van der Waals surface area contributed by atoms with Crippen LogP contribution in [-0.4, -0.2) is 0 Å². The Morgan fingerprint density at radius 3 is 1.92 bits per heavy atom. The molecule has 2 aliphatic carbocycles. The molecule has 0 amide bonds. The smallest absolute Gasteiger partial charge is 0.195 e. The van der Waals surface area contributed by atoms with Gasteiger partial charge in [0, 0.05) is 0 Å². The topological polar surface area (TPSA) is 23.8 Å². The second kappa shape index (κ2) is 10.7.